The fraction of sp³-hybridized carbons (Fsp3) is 0.579. The normalized spacial score (nSPS) is 29.1. The summed E-state index contributed by atoms with van der Waals surface area (Å²) in [5, 5.41) is 3.16. The lowest BCUT2D eigenvalue weighted by Gasteiger charge is -2.27. The number of amides is 2. The Morgan fingerprint density at radius 2 is 2.04 bits per heavy atom. The van der Waals surface area contributed by atoms with Gasteiger partial charge in [-0.1, -0.05) is 18.6 Å². The number of ether oxygens (including phenoxy) is 1. The number of rotatable bonds is 5. The molecule has 1 saturated heterocycles. The van der Waals surface area contributed by atoms with Crippen LogP contribution in [-0.4, -0.2) is 43.5 Å². The van der Waals surface area contributed by atoms with Gasteiger partial charge in [0.05, 0.1) is 19.1 Å². The lowest BCUT2D eigenvalue weighted by atomic mass is 9.92. The van der Waals surface area contributed by atoms with E-state index in [1.807, 2.05) is 24.3 Å². The van der Waals surface area contributed by atoms with Crippen LogP contribution in [0, 0.1) is 11.8 Å². The summed E-state index contributed by atoms with van der Waals surface area (Å²) >= 11 is 0. The molecule has 2 amide bonds. The predicted octanol–water partition coefficient (Wildman–Crippen LogP) is 1.46. The molecular formula is C19H27N3O3. The predicted molar refractivity (Wildman–Crippen MR) is 94.9 cm³/mol. The number of nitrogens with two attached hydrogens (primary N) is 1. The van der Waals surface area contributed by atoms with E-state index in [-0.39, 0.29) is 36.2 Å². The van der Waals surface area contributed by atoms with Crippen molar-refractivity contribution in [3.8, 4) is 5.75 Å². The van der Waals surface area contributed by atoms with Gasteiger partial charge in [-0.15, -0.1) is 0 Å². The smallest absolute Gasteiger partial charge is 0.226 e. The van der Waals surface area contributed by atoms with Crippen LogP contribution < -0.4 is 15.8 Å². The second kappa shape index (κ2) is 7.44. The van der Waals surface area contributed by atoms with Gasteiger partial charge in [0.1, 0.15) is 5.75 Å². The van der Waals surface area contributed by atoms with Crippen LogP contribution >= 0.6 is 0 Å². The van der Waals surface area contributed by atoms with E-state index in [2.05, 4.69) is 5.32 Å². The van der Waals surface area contributed by atoms with Gasteiger partial charge in [-0.2, -0.15) is 0 Å². The zero-order valence-corrected chi connectivity index (χ0v) is 14.9. The number of carbonyl (C=O) groups excluding carboxylic acids is 2. The molecule has 6 nitrogen and oxygen atoms in total. The van der Waals surface area contributed by atoms with Crippen molar-refractivity contribution in [3.05, 3.63) is 29.8 Å². The van der Waals surface area contributed by atoms with Crippen molar-refractivity contribution in [3.63, 3.8) is 0 Å². The van der Waals surface area contributed by atoms with Gasteiger partial charge in [0, 0.05) is 19.5 Å². The Morgan fingerprint density at radius 1 is 1.32 bits per heavy atom. The van der Waals surface area contributed by atoms with E-state index in [1.165, 1.54) is 0 Å². The number of hydrogen-bond donors (Lipinski definition) is 2. The first-order chi connectivity index (χ1) is 12.0. The van der Waals surface area contributed by atoms with Crippen molar-refractivity contribution in [1.82, 2.24) is 10.2 Å². The van der Waals surface area contributed by atoms with E-state index in [0.717, 1.165) is 30.6 Å². The highest BCUT2D eigenvalue weighted by Crippen LogP contribution is 2.38. The molecule has 0 unspecified atom stereocenters. The van der Waals surface area contributed by atoms with E-state index in [9.17, 15) is 9.59 Å². The van der Waals surface area contributed by atoms with E-state index in [4.69, 9.17) is 10.5 Å². The third kappa shape index (κ3) is 3.49. The fourth-order valence-electron chi connectivity index (χ4n) is 4.16. The topological polar surface area (TPSA) is 84.7 Å². The first kappa shape index (κ1) is 17.7. The molecule has 0 aromatic heterocycles. The standard InChI is InChI=1S/C19H27N3O3/c1-22-17(23)10-15(18(22)12-6-8-14(25-2)9-7-12)19(24)21-16-5-3-4-13(16)11-20/h6-9,13,15-16,18H,3-5,10-11,20H2,1-2H3,(H,21,24)/t13-,15-,16-,18-/m1/s1. The molecule has 0 bridgehead atoms. The quantitative estimate of drug-likeness (QED) is 0.846. The van der Waals surface area contributed by atoms with Crippen LogP contribution in [0.15, 0.2) is 24.3 Å². The lowest BCUT2D eigenvalue weighted by molar-refractivity contribution is -0.128. The number of nitrogens with one attached hydrogen (secondary N) is 1. The number of carbonyl (C=O) groups is 2. The number of hydrogen-bond acceptors (Lipinski definition) is 4. The molecule has 0 radical (unpaired) electrons. The maximum atomic E-state index is 12.9. The van der Waals surface area contributed by atoms with E-state index in [1.54, 1.807) is 19.1 Å². The third-order valence-electron chi connectivity index (χ3n) is 5.67. The largest absolute Gasteiger partial charge is 0.497 e. The van der Waals surface area contributed by atoms with Crippen molar-refractivity contribution in [2.45, 2.75) is 37.8 Å². The molecule has 1 aliphatic heterocycles. The number of nitrogens with zero attached hydrogens (tertiary/aromatic N) is 1. The van der Waals surface area contributed by atoms with Crippen LogP contribution in [-0.2, 0) is 9.59 Å². The van der Waals surface area contributed by atoms with Crippen molar-refractivity contribution in [1.29, 1.82) is 0 Å². The molecule has 1 aliphatic carbocycles. The molecule has 4 atom stereocenters. The van der Waals surface area contributed by atoms with Crippen molar-refractivity contribution in [2.75, 3.05) is 20.7 Å². The highest BCUT2D eigenvalue weighted by Gasteiger charge is 2.43. The Kier molecular flexibility index (Phi) is 5.27. The minimum atomic E-state index is -0.370. The Balaban J connectivity index is 1.77. The van der Waals surface area contributed by atoms with Crippen molar-refractivity contribution in [2.24, 2.45) is 17.6 Å². The molecule has 1 saturated carbocycles. The zero-order valence-electron chi connectivity index (χ0n) is 14.9. The van der Waals surface area contributed by atoms with Gasteiger partial charge in [-0.05, 0) is 43.0 Å². The molecule has 1 aromatic carbocycles. The highest BCUT2D eigenvalue weighted by atomic mass is 16.5. The second-order valence-corrected chi connectivity index (χ2v) is 7.08. The van der Waals surface area contributed by atoms with Crippen LogP contribution in [0.2, 0.25) is 0 Å². The molecule has 2 aliphatic rings. The average molecular weight is 345 g/mol. The van der Waals surface area contributed by atoms with Crippen LogP contribution in [0.5, 0.6) is 5.75 Å². The lowest BCUT2D eigenvalue weighted by Crippen LogP contribution is -2.43. The van der Waals surface area contributed by atoms with E-state index in [0.29, 0.717) is 12.5 Å². The number of methoxy groups -OCH3 is 1. The Labute approximate surface area is 148 Å². The number of benzene rings is 1. The van der Waals surface area contributed by atoms with Gasteiger partial charge in [0.25, 0.3) is 0 Å². The van der Waals surface area contributed by atoms with Crippen molar-refractivity contribution < 1.29 is 14.3 Å². The van der Waals surface area contributed by atoms with Gasteiger partial charge in [0.15, 0.2) is 0 Å². The average Bonchev–Trinajstić information content (AvgIpc) is 3.19. The number of likely N-dealkylation sites (tertiary alicyclic amines) is 1. The summed E-state index contributed by atoms with van der Waals surface area (Å²) in [6, 6.07) is 7.48. The van der Waals surface area contributed by atoms with Crippen LogP contribution in [0.4, 0.5) is 0 Å². The summed E-state index contributed by atoms with van der Waals surface area (Å²) in [5.74, 6) is 0.697. The van der Waals surface area contributed by atoms with Crippen molar-refractivity contribution >= 4 is 11.8 Å². The Hall–Kier alpha value is -2.08. The summed E-state index contributed by atoms with van der Waals surface area (Å²) in [5.41, 5.74) is 6.77. The fourth-order valence-corrected chi connectivity index (χ4v) is 4.16. The first-order valence-electron chi connectivity index (χ1n) is 8.95. The van der Waals surface area contributed by atoms with Crippen LogP contribution in [0.3, 0.4) is 0 Å². The van der Waals surface area contributed by atoms with E-state index >= 15 is 0 Å². The molecule has 25 heavy (non-hydrogen) atoms. The third-order valence-corrected chi connectivity index (χ3v) is 5.67. The molecular weight excluding hydrogens is 318 g/mol. The maximum absolute atomic E-state index is 12.9. The molecule has 1 aromatic rings. The molecule has 6 heteroatoms. The summed E-state index contributed by atoms with van der Waals surface area (Å²) < 4.78 is 5.20. The monoisotopic (exact) mass is 345 g/mol. The maximum Gasteiger partial charge on any atom is 0.226 e. The highest BCUT2D eigenvalue weighted by molar-refractivity contribution is 5.90. The van der Waals surface area contributed by atoms with Gasteiger partial charge in [0.2, 0.25) is 11.8 Å². The minimum Gasteiger partial charge on any atom is -0.497 e. The first-order valence-corrected chi connectivity index (χ1v) is 8.95. The molecule has 136 valence electrons. The van der Waals surface area contributed by atoms with Gasteiger partial charge < -0.3 is 20.7 Å². The second-order valence-electron chi connectivity index (χ2n) is 7.08. The summed E-state index contributed by atoms with van der Waals surface area (Å²) in [4.78, 5) is 26.8. The summed E-state index contributed by atoms with van der Waals surface area (Å²) in [6.45, 7) is 0.594. The van der Waals surface area contributed by atoms with Crippen LogP contribution in [0.25, 0.3) is 0 Å². The Bertz CT molecular complexity index is 631. The summed E-state index contributed by atoms with van der Waals surface area (Å²) in [7, 11) is 3.38. The summed E-state index contributed by atoms with van der Waals surface area (Å²) in [6.07, 6.45) is 3.38. The van der Waals surface area contributed by atoms with Gasteiger partial charge >= 0.3 is 0 Å². The van der Waals surface area contributed by atoms with Gasteiger partial charge in [-0.3, -0.25) is 9.59 Å². The van der Waals surface area contributed by atoms with Crippen LogP contribution in [0.1, 0.15) is 37.3 Å². The molecule has 3 N–H and O–H groups in total. The molecule has 3 rings (SSSR count). The van der Waals surface area contributed by atoms with Gasteiger partial charge in [-0.25, -0.2) is 0 Å². The SMILES string of the molecule is COc1ccc([C@@H]2[C@H](C(=O)N[C@@H]3CCC[C@@H]3CN)CC(=O)N2C)cc1. The minimum absolute atomic E-state index is 0.00256. The van der Waals surface area contributed by atoms with E-state index < -0.39 is 0 Å². The molecule has 1 heterocycles. The zero-order chi connectivity index (χ0) is 18.0. The Morgan fingerprint density at radius 3 is 2.68 bits per heavy atom. The molecule has 2 fully saturated rings. The molecule has 0 spiro atoms.